The number of rotatable bonds is 22. The van der Waals surface area contributed by atoms with Crippen molar-refractivity contribution in [2.75, 3.05) is 0 Å². The second kappa shape index (κ2) is 19.6. The quantitative estimate of drug-likeness (QED) is 0.0661. The fourth-order valence-electron chi connectivity index (χ4n) is 11.6. The van der Waals surface area contributed by atoms with Gasteiger partial charge in [0.2, 0.25) is 0 Å². The van der Waals surface area contributed by atoms with Crippen LogP contribution in [0.3, 0.4) is 0 Å². The SMILES string of the molecule is CCCCCCCCCCCCCCCCCC(=O)O[C@H]1CC[C@@]2(C)C(=CC[C@@H]3[C@H]4CC[C@@H]([C@H](C)CCCC(C)C)[C@]4(C)CC[C@H]32)C1. The molecule has 0 N–H and O–H groups in total. The number of fused-ring (bicyclic) bond motifs is 5. The molecule has 0 unspecified atom stereocenters. The molecule has 8 atom stereocenters. The molecular formula is C45H80O2. The highest BCUT2D eigenvalue weighted by Gasteiger charge is 2.59. The molecule has 0 amide bonds. The Morgan fingerprint density at radius 1 is 0.745 bits per heavy atom. The minimum atomic E-state index is 0.0653. The lowest BCUT2D eigenvalue weighted by Crippen LogP contribution is -2.51. The summed E-state index contributed by atoms with van der Waals surface area (Å²) in [5.41, 5.74) is 2.54. The van der Waals surface area contributed by atoms with Crippen LogP contribution in [-0.2, 0) is 9.53 Å². The van der Waals surface area contributed by atoms with Gasteiger partial charge in [-0.3, -0.25) is 4.79 Å². The van der Waals surface area contributed by atoms with Crippen LogP contribution in [0.5, 0.6) is 0 Å². The molecule has 0 aromatic carbocycles. The van der Waals surface area contributed by atoms with E-state index in [1.807, 2.05) is 0 Å². The van der Waals surface area contributed by atoms with Crippen LogP contribution in [0.1, 0.15) is 215 Å². The monoisotopic (exact) mass is 653 g/mol. The van der Waals surface area contributed by atoms with E-state index in [0.717, 1.165) is 54.8 Å². The molecule has 3 saturated carbocycles. The van der Waals surface area contributed by atoms with Gasteiger partial charge in [0.15, 0.2) is 0 Å². The molecular weight excluding hydrogens is 572 g/mol. The van der Waals surface area contributed by atoms with Crippen molar-refractivity contribution in [3.05, 3.63) is 11.6 Å². The Morgan fingerprint density at radius 2 is 1.36 bits per heavy atom. The molecule has 2 nitrogen and oxygen atoms in total. The second-order valence-electron chi connectivity index (χ2n) is 18.3. The molecule has 0 bridgehead atoms. The molecule has 0 aromatic heterocycles. The summed E-state index contributed by atoms with van der Waals surface area (Å²) < 4.78 is 6.13. The molecule has 4 aliphatic rings. The van der Waals surface area contributed by atoms with E-state index >= 15 is 0 Å². The number of carbonyl (C=O) groups is 1. The molecule has 4 rings (SSSR count). The van der Waals surface area contributed by atoms with Crippen molar-refractivity contribution in [2.45, 2.75) is 221 Å². The van der Waals surface area contributed by atoms with Gasteiger partial charge in [-0.25, -0.2) is 0 Å². The van der Waals surface area contributed by atoms with E-state index < -0.39 is 0 Å². The highest BCUT2D eigenvalue weighted by Crippen LogP contribution is 2.67. The molecule has 0 aliphatic heterocycles. The average Bonchev–Trinajstić information content (AvgIpc) is 3.40. The smallest absolute Gasteiger partial charge is 0.306 e. The van der Waals surface area contributed by atoms with E-state index in [1.54, 1.807) is 5.57 Å². The lowest BCUT2D eigenvalue weighted by Gasteiger charge is -2.58. The van der Waals surface area contributed by atoms with E-state index in [9.17, 15) is 4.79 Å². The van der Waals surface area contributed by atoms with Gasteiger partial charge >= 0.3 is 5.97 Å². The number of hydrogen-bond donors (Lipinski definition) is 0. The Balaban J connectivity index is 1.10. The van der Waals surface area contributed by atoms with Crippen molar-refractivity contribution < 1.29 is 9.53 Å². The van der Waals surface area contributed by atoms with Crippen LogP contribution in [0.15, 0.2) is 11.6 Å². The van der Waals surface area contributed by atoms with E-state index in [-0.39, 0.29) is 12.1 Å². The Bertz CT molecular complexity index is 934. The third kappa shape index (κ3) is 10.8. The van der Waals surface area contributed by atoms with Gasteiger partial charge in [0.25, 0.3) is 0 Å². The van der Waals surface area contributed by atoms with Crippen LogP contribution in [0.25, 0.3) is 0 Å². The molecule has 0 saturated heterocycles. The molecule has 0 heterocycles. The van der Waals surface area contributed by atoms with E-state index in [4.69, 9.17) is 4.74 Å². The molecule has 0 spiro atoms. The number of esters is 1. The normalized spacial score (nSPS) is 32.4. The van der Waals surface area contributed by atoms with Gasteiger partial charge in [-0.2, -0.15) is 0 Å². The summed E-state index contributed by atoms with van der Waals surface area (Å²) in [5.74, 6) is 5.34. The Hall–Kier alpha value is -0.790. The third-order valence-corrected chi connectivity index (χ3v) is 14.5. The topological polar surface area (TPSA) is 26.3 Å². The van der Waals surface area contributed by atoms with E-state index in [2.05, 4.69) is 47.6 Å². The van der Waals surface area contributed by atoms with Crippen molar-refractivity contribution in [1.82, 2.24) is 0 Å². The first-order valence-electron chi connectivity index (χ1n) is 21.6. The Morgan fingerprint density at radius 3 is 1.98 bits per heavy atom. The minimum Gasteiger partial charge on any atom is -0.462 e. The number of carbonyl (C=O) groups excluding carboxylic acids is 1. The maximum atomic E-state index is 12.8. The van der Waals surface area contributed by atoms with Gasteiger partial charge in [0, 0.05) is 12.8 Å². The van der Waals surface area contributed by atoms with Crippen LogP contribution in [0, 0.1) is 46.3 Å². The molecule has 3 fully saturated rings. The highest BCUT2D eigenvalue weighted by molar-refractivity contribution is 5.69. The lowest BCUT2D eigenvalue weighted by atomic mass is 9.47. The van der Waals surface area contributed by atoms with Crippen molar-refractivity contribution in [1.29, 1.82) is 0 Å². The predicted molar refractivity (Wildman–Crippen MR) is 202 cm³/mol. The number of ether oxygens (including phenoxy) is 1. The maximum absolute atomic E-state index is 12.8. The zero-order valence-electron chi connectivity index (χ0n) is 32.5. The second-order valence-corrected chi connectivity index (χ2v) is 18.3. The summed E-state index contributed by atoms with van der Waals surface area (Å²) in [6.45, 7) is 15.0. The zero-order chi connectivity index (χ0) is 33.7. The summed E-state index contributed by atoms with van der Waals surface area (Å²) in [5, 5.41) is 0. The first-order chi connectivity index (χ1) is 22.7. The zero-order valence-corrected chi connectivity index (χ0v) is 32.5. The Kier molecular flexibility index (Phi) is 16.2. The largest absolute Gasteiger partial charge is 0.462 e. The standard InChI is InChI=1S/C45H80O2/c1-7-8-9-10-11-12-13-14-15-16-17-18-19-20-21-25-43(46)47-38-30-32-44(5)37(34-38)26-27-39-41-29-28-40(36(4)24-22-23-35(2)3)45(41,6)33-31-42(39)44/h26,35-36,38-42H,7-25,27-34H2,1-6H3/t36-,38+,39-,40+,41-,42-,44+,45+/m1/s1. The molecule has 0 aromatic rings. The summed E-state index contributed by atoms with van der Waals surface area (Å²) in [6.07, 6.45) is 38.4. The fourth-order valence-corrected chi connectivity index (χ4v) is 11.6. The van der Waals surface area contributed by atoms with Crippen LogP contribution in [-0.4, -0.2) is 12.1 Å². The summed E-state index contributed by atoms with van der Waals surface area (Å²) in [4.78, 5) is 12.8. The van der Waals surface area contributed by atoms with Crippen LogP contribution in [0.4, 0.5) is 0 Å². The fraction of sp³-hybridized carbons (Fsp3) is 0.933. The van der Waals surface area contributed by atoms with Crippen molar-refractivity contribution in [3.8, 4) is 0 Å². The molecule has 272 valence electrons. The van der Waals surface area contributed by atoms with Crippen molar-refractivity contribution in [3.63, 3.8) is 0 Å². The van der Waals surface area contributed by atoms with E-state index in [0.29, 0.717) is 17.3 Å². The van der Waals surface area contributed by atoms with Crippen LogP contribution < -0.4 is 0 Å². The number of unbranched alkanes of at least 4 members (excludes halogenated alkanes) is 14. The van der Waals surface area contributed by atoms with Gasteiger partial charge in [-0.05, 0) is 97.7 Å². The number of allylic oxidation sites excluding steroid dienone is 1. The highest BCUT2D eigenvalue weighted by atomic mass is 16.5. The number of hydrogen-bond acceptors (Lipinski definition) is 2. The van der Waals surface area contributed by atoms with Crippen LogP contribution >= 0.6 is 0 Å². The van der Waals surface area contributed by atoms with Gasteiger partial charge in [0.05, 0.1) is 0 Å². The first kappa shape index (κ1) is 39.0. The molecule has 4 aliphatic carbocycles. The molecule has 2 heteroatoms. The summed E-state index contributed by atoms with van der Waals surface area (Å²) >= 11 is 0. The van der Waals surface area contributed by atoms with Gasteiger partial charge in [0.1, 0.15) is 6.10 Å². The van der Waals surface area contributed by atoms with Crippen molar-refractivity contribution >= 4 is 5.97 Å². The maximum Gasteiger partial charge on any atom is 0.306 e. The van der Waals surface area contributed by atoms with Crippen LogP contribution in [0.2, 0.25) is 0 Å². The molecule has 47 heavy (non-hydrogen) atoms. The first-order valence-corrected chi connectivity index (χ1v) is 21.6. The summed E-state index contributed by atoms with van der Waals surface area (Å²) in [7, 11) is 0. The molecule has 0 radical (unpaired) electrons. The van der Waals surface area contributed by atoms with Gasteiger partial charge < -0.3 is 4.74 Å². The van der Waals surface area contributed by atoms with Crippen molar-refractivity contribution in [2.24, 2.45) is 46.3 Å². The van der Waals surface area contributed by atoms with Gasteiger partial charge in [-0.15, -0.1) is 0 Å². The Labute approximate surface area is 293 Å². The minimum absolute atomic E-state index is 0.0653. The average molecular weight is 653 g/mol. The lowest BCUT2D eigenvalue weighted by molar-refractivity contribution is -0.151. The van der Waals surface area contributed by atoms with Gasteiger partial charge in [-0.1, -0.05) is 162 Å². The summed E-state index contributed by atoms with van der Waals surface area (Å²) in [6, 6.07) is 0. The third-order valence-electron chi connectivity index (χ3n) is 14.5. The van der Waals surface area contributed by atoms with E-state index in [1.165, 1.54) is 148 Å². The predicted octanol–water partition coefficient (Wildman–Crippen LogP) is 14.2.